The average Bonchev–Trinajstić information content (AvgIpc) is 2.76. The molecule has 0 spiro atoms. The van der Waals surface area contributed by atoms with Crippen molar-refractivity contribution in [3.05, 3.63) is 11.4 Å². The summed E-state index contributed by atoms with van der Waals surface area (Å²) in [5.74, 6) is 0. The summed E-state index contributed by atoms with van der Waals surface area (Å²) in [6.07, 6.45) is 2.22. The number of carbonyl (C=O) groups is 1. The fourth-order valence-electron chi connectivity index (χ4n) is 1.71. The van der Waals surface area contributed by atoms with Crippen molar-refractivity contribution >= 4 is 6.29 Å². The minimum Gasteiger partial charge on any atom is -0.384 e. The second-order valence-electron chi connectivity index (χ2n) is 3.74. The quantitative estimate of drug-likeness (QED) is 0.632. The molecule has 6 nitrogen and oxygen atoms in total. The van der Waals surface area contributed by atoms with Crippen LogP contribution < -0.4 is 0 Å². The first kappa shape index (κ1) is 13.8. The summed E-state index contributed by atoms with van der Waals surface area (Å²) in [5.41, 5.74) is 1.20. The lowest BCUT2D eigenvalue weighted by atomic mass is 10.2. The molecular weight excluding hydrogens is 222 g/mol. The highest BCUT2D eigenvalue weighted by molar-refractivity contribution is 5.73. The minimum atomic E-state index is 0.105. The van der Waals surface area contributed by atoms with E-state index >= 15 is 0 Å². The van der Waals surface area contributed by atoms with Gasteiger partial charge in [0.05, 0.1) is 24.9 Å². The second kappa shape index (κ2) is 7.13. The summed E-state index contributed by atoms with van der Waals surface area (Å²) in [7, 11) is 3.27. The Morgan fingerprint density at radius 1 is 1.41 bits per heavy atom. The van der Waals surface area contributed by atoms with E-state index in [1.54, 1.807) is 18.9 Å². The van der Waals surface area contributed by atoms with Crippen molar-refractivity contribution in [1.29, 1.82) is 0 Å². The van der Waals surface area contributed by atoms with Crippen LogP contribution in [0.1, 0.15) is 35.6 Å². The molecule has 1 aromatic rings. The molecule has 0 fully saturated rings. The SMILES string of the molecule is CCC(COC)n1nnc(C=O)c1CCOC. The molecular formula is C11H19N3O3. The zero-order valence-electron chi connectivity index (χ0n) is 10.5. The summed E-state index contributed by atoms with van der Waals surface area (Å²) in [5, 5.41) is 7.90. The van der Waals surface area contributed by atoms with Crippen molar-refractivity contribution in [2.75, 3.05) is 27.4 Å². The Labute approximate surface area is 101 Å². The van der Waals surface area contributed by atoms with Gasteiger partial charge >= 0.3 is 0 Å². The predicted octanol–water partition coefficient (Wildman–Crippen LogP) is 0.877. The Morgan fingerprint density at radius 2 is 2.18 bits per heavy atom. The highest BCUT2D eigenvalue weighted by atomic mass is 16.5. The molecule has 1 atom stereocenters. The number of aldehydes is 1. The van der Waals surface area contributed by atoms with E-state index in [1.807, 2.05) is 6.92 Å². The monoisotopic (exact) mass is 241 g/mol. The molecule has 17 heavy (non-hydrogen) atoms. The van der Waals surface area contributed by atoms with Crippen LogP contribution in [0.4, 0.5) is 0 Å². The van der Waals surface area contributed by atoms with Gasteiger partial charge in [-0.3, -0.25) is 4.79 Å². The average molecular weight is 241 g/mol. The van der Waals surface area contributed by atoms with Crippen LogP contribution in [0.3, 0.4) is 0 Å². The summed E-state index contributed by atoms with van der Waals surface area (Å²) >= 11 is 0. The number of nitrogens with zero attached hydrogens (tertiary/aromatic N) is 3. The minimum absolute atomic E-state index is 0.105. The zero-order valence-corrected chi connectivity index (χ0v) is 10.5. The third-order valence-corrected chi connectivity index (χ3v) is 2.65. The van der Waals surface area contributed by atoms with Gasteiger partial charge in [-0.1, -0.05) is 12.1 Å². The maximum Gasteiger partial charge on any atom is 0.172 e. The Balaban J connectivity index is 2.95. The third-order valence-electron chi connectivity index (χ3n) is 2.65. The number of hydrogen-bond acceptors (Lipinski definition) is 5. The number of hydrogen-bond donors (Lipinski definition) is 0. The summed E-state index contributed by atoms with van der Waals surface area (Å²) in [6, 6.07) is 0.105. The molecule has 0 aliphatic heterocycles. The van der Waals surface area contributed by atoms with Crippen LogP contribution in [-0.4, -0.2) is 48.7 Å². The summed E-state index contributed by atoms with van der Waals surface area (Å²) in [6.45, 7) is 3.14. The molecule has 1 unspecified atom stereocenters. The lowest BCUT2D eigenvalue weighted by Crippen LogP contribution is -2.19. The van der Waals surface area contributed by atoms with Crippen LogP contribution in [0.25, 0.3) is 0 Å². The van der Waals surface area contributed by atoms with Gasteiger partial charge in [0.2, 0.25) is 0 Å². The first-order chi connectivity index (χ1) is 8.28. The maximum absolute atomic E-state index is 10.9. The first-order valence-corrected chi connectivity index (χ1v) is 5.65. The standard InChI is InChI=1S/C11H19N3O3/c1-4-9(8-17-3)14-11(5-6-16-2)10(7-15)12-13-14/h7,9H,4-6,8H2,1-3H3. The number of ether oxygens (including phenoxy) is 2. The molecule has 0 aliphatic rings. The Kier molecular flexibility index (Phi) is 5.79. The number of rotatable bonds is 8. The van der Waals surface area contributed by atoms with Crippen LogP contribution in [0.15, 0.2) is 0 Å². The van der Waals surface area contributed by atoms with Gasteiger partial charge in [-0.15, -0.1) is 5.10 Å². The van der Waals surface area contributed by atoms with Crippen molar-refractivity contribution in [2.24, 2.45) is 0 Å². The lowest BCUT2D eigenvalue weighted by molar-refractivity contribution is 0.111. The van der Waals surface area contributed by atoms with E-state index in [-0.39, 0.29) is 6.04 Å². The van der Waals surface area contributed by atoms with Gasteiger partial charge in [0.15, 0.2) is 6.29 Å². The van der Waals surface area contributed by atoms with E-state index in [4.69, 9.17) is 9.47 Å². The van der Waals surface area contributed by atoms with Gasteiger partial charge in [-0.2, -0.15) is 0 Å². The van der Waals surface area contributed by atoms with E-state index < -0.39 is 0 Å². The van der Waals surface area contributed by atoms with Crippen molar-refractivity contribution in [1.82, 2.24) is 15.0 Å². The number of carbonyl (C=O) groups excluding carboxylic acids is 1. The molecule has 0 N–H and O–H groups in total. The molecule has 0 saturated heterocycles. The Morgan fingerprint density at radius 3 is 2.71 bits per heavy atom. The molecule has 0 bridgehead atoms. The van der Waals surface area contributed by atoms with Crippen LogP contribution >= 0.6 is 0 Å². The largest absolute Gasteiger partial charge is 0.384 e. The fourth-order valence-corrected chi connectivity index (χ4v) is 1.71. The van der Waals surface area contributed by atoms with Crippen LogP contribution in [0, 0.1) is 0 Å². The van der Waals surface area contributed by atoms with E-state index in [9.17, 15) is 4.79 Å². The van der Waals surface area contributed by atoms with Gasteiger partial charge in [-0.05, 0) is 6.42 Å². The van der Waals surface area contributed by atoms with Crippen molar-refractivity contribution in [3.8, 4) is 0 Å². The summed E-state index contributed by atoms with van der Waals surface area (Å²) in [4.78, 5) is 10.9. The number of methoxy groups -OCH3 is 2. The Hall–Kier alpha value is -1.27. The molecule has 0 saturated carbocycles. The molecule has 6 heteroatoms. The van der Waals surface area contributed by atoms with Crippen molar-refractivity contribution in [2.45, 2.75) is 25.8 Å². The first-order valence-electron chi connectivity index (χ1n) is 5.65. The normalized spacial score (nSPS) is 12.6. The van der Waals surface area contributed by atoms with E-state index in [0.29, 0.717) is 25.3 Å². The van der Waals surface area contributed by atoms with Crippen LogP contribution in [0.2, 0.25) is 0 Å². The predicted molar refractivity (Wildman–Crippen MR) is 62.2 cm³/mol. The maximum atomic E-state index is 10.9. The molecule has 0 amide bonds. The van der Waals surface area contributed by atoms with Crippen LogP contribution in [-0.2, 0) is 15.9 Å². The van der Waals surface area contributed by atoms with E-state index in [1.165, 1.54) is 0 Å². The topological polar surface area (TPSA) is 66.2 Å². The van der Waals surface area contributed by atoms with Crippen LogP contribution in [0.5, 0.6) is 0 Å². The lowest BCUT2D eigenvalue weighted by Gasteiger charge is -2.16. The molecule has 0 aromatic carbocycles. The van der Waals surface area contributed by atoms with Gasteiger partial charge in [0.25, 0.3) is 0 Å². The molecule has 0 radical (unpaired) electrons. The van der Waals surface area contributed by atoms with Gasteiger partial charge in [-0.25, -0.2) is 4.68 Å². The fraction of sp³-hybridized carbons (Fsp3) is 0.727. The zero-order chi connectivity index (χ0) is 12.7. The Bertz CT molecular complexity index is 352. The molecule has 96 valence electrons. The molecule has 0 aliphatic carbocycles. The highest BCUT2D eigenvalue weighted by Crippen LogP contribution is 2.15. The molecule has 1 rings (SSSR count). The van der Waals surface area contributed by atoms with E-state index in [0.717, 1.165) is 18.4 Å². The second-order valence-corrected chi connectivity index (χ2v) is 3.74. The number of aromatic nitrogens is 3. The van der Waals surface area contributed by atoms with E-state index in [2.05, 4.69) is 10.3 Å². The van der Waals surface area contributed by atoms with Gasteiger partial charge < -0.3 is 9.47 Å². The van der Waals surface area contributed by atoms with Gasteiger partial charge in [0, 0.05) is 20.6 Å². The highest BCUT2D eigenvalue weighted by Gasteiger charge is 2.18. The molecule has 1 heterocycles. The van der Waals surface area contributed by atoms with Crippen molar-refractivity contribution in [3.63, 3.8) is 0 Å². The molecule has 1 aromatic heterocycles. The van der Waals surface area contributed by atoms with Gasteiger partial charge in [0.1, 0.15) is 5.69 Å². The smallest absolute Gasteiger partial charge is 0.172 e. The van der Waals surface area contributed by atoms with Crippen molar-refractivity contribution < 1.29 is 14.3 Å². The third kappa shape index (κ3) is 3.34. The summed E-state index contributed by atoms with van der Waals surface area (Å²) < 4.78 is 11.9.